The summed E-state index contributed by atoms with van der Waals surface area (Å²) < 4.78 is 19.5. The molecular formula is C26H27Cl2FN4O2. The van der Waals surface area contributed by atoms with E-state index < -0.39 is 5.82 Å². The summed E-state index contributed by atoms with van der Waals surface area (Å²) in [4.78, 5) is 19.1. The van der Waals surface area contributed by atoms with Crippen LogP contribution in [0.15, 0.2) is 48.7 Å². The zero-order chi connectivity index (χ0) is 24.9. The predicted molar refractivity (Wildman–Crippen MR) is 138 cm³/mol. The highest BCUT2D eigenvalue weighted by atomic mass is 35.5. The number of amides is 1. The van der Waals surface area contributed by atoms with Gasteiger partial charge in [-0.25, -0.2) is 9.37 Å². The van der Waals surface area contributed by atoms with Gasteiger partial charge in [0, 0.05) is 34.8 Å². The molecule has 3 aromatic rings. The van der Waals surface area contributed by atoms with Crippen molar-refractivity contribution in [2.45, 2.75) is 25.3 Å². The minimum Gasteiger partial charge on any atom is -0.489 e. The van der Waals surface area contributed by atoms with Crippen molar-refractivity contribution in [2.24, 2.45) is 0 Å². The van der Waals surface area contributed by atoms with E-state index in [0.717, 1.165) is 37.1 Å². The molecule has 1 aromatic heterocycles. The van der Waals surface area contributed by atoms with Gasteiger partial charge >= 0.3 is 0 Å². The molecule has 0 atom stereocenters. The van der Waals surface area contributed by atoms with Crippen LogP contribution in [-0.2, 0) is 6.42 Å². The van der Waals surface area contributed by atoms with E-state index in [1.54, 1.807) is 24.4 Å². The Labute approximate surface area is 214 Å². The molecule has 2 aromatic carbocycles. The van der Waals surface area contributed by atoms with Gasteiger partial charge in [0.1, 0.15) is 5.82 Å². The molecule has 0 saturated carbocycles. The number of hydrogen-bond donors (Lipinski definition) is 2. The molecule has 0 radical (unpaired) electrons. The number of carbonyl (C=O) groups is 1. The molecule has 0 aliphatic carbocycles. The van der Waals surface area contributed by atoms with Gasteiger partial charge in [0.15, 0.2) is 11.6 Å². The lowest BCUT2D eigenvalue weighted by Gasteiger charge is -2.29. The van der Waals surface area contributed by atoms with E-state index in [-0.39, 0.29) is 29.4 Å². The molecule has 1 saturated heterocycles. The number of anilines is 1. The van der Waals surface area contributed by atoms with Crippen LogP contribution in [0, 0.1) is 5.82 Å². The van der Waals surface area contributed by atoms with Crippen LogP contribution in [0.25, 0.3) is 11.1 Å². The minimum atomic E-state index is -0.530. The Morgan fingerprint density at radius 3 is 2.60 bits per heavy atom. The summed E-state index contributed by atoms with van der Waals surface area (Å²) in [5.74, 6) is 0.0347. The predicted octanol–water partition coefficient (Wildman–Crippen LogP) is 5.22. The van der Waals surface area contributed by atoms with Crippen LogP contribution in [0.4, 0.5) is 10.2 Å². The van der Waals surface area contributed by atoms with E-state index in [1.165, 1.54) is 12.1 Å². The number of aromatic nitrogens is 1. The summed E-state index contributed by atoms with van der Waals surface area (Å²) in [6.45, 7) is 2.16. The Hall–Kier alpha value is -2.87. The summed E-state index contributed by atoms with van der Waals surface area (Å²) in [6, 6.07) is 12.0. The van der Waals surface area contributed by atoms with Crippen molar-refractivity contribution in [3.63, 3.8) is 0 Å². The number of nitrogens with zero attached hydrogens (tertiary/aromatic N) is 2. The third kappa shape index (κ3) is 6.23. The zero-order valence-corrected chi connectivity index (χ0v) is 20.9. The molecule has 184 valence electrons. The van der Waals surface area contributed by atoms with Crippen LogP contribution < -0.4 is 15.8 Å². The van der Waals surface area contributed by atoms with Gasteiger partial charge in [-0.1, -0.05) is 35.3 Å². The Morgan fingerprint density at radius 2 is 1.89 bits per heavy atom. The molecule has 0 bridgehead atoms. The molecular weight excluding hydrogens is 490 g/mol. The highest BCUT2D eigenvalue weighted by molar-refractivity contribution is 6.36. The number of piperidine rings is 1. The van der Waals surface area contributed by atoms with E-state index >= 15 is 0 Å². The highest BCUT2D eigenvalue weighted by Gasteiger charge is 2.19. The maximum atomic E-state index is 13.7. The fraction of sp³-hybridized carbons (Fsp3) is 0.308. The average Bonchev–Trinajstić information content (AvgIpc) is 2.86. The number of likely N-dealkylation sites (tertiary alicyclic amines) is 1. The molecule has 9 heteroatoms. The van der Waals surface area contributed by atoms with E-state index in [9.17, 15) is 9.18 Å². The summed E-state index contributed by atoms with van der Waals surface area (Å²) in [6.07, 6.45) is 3.87. The maximum absolute atomic E-state index is 13.7. The van der Waals surface area contributed by atoms with Crippen LogP contribution >= 0.6 is 23.2 Å². The topological polar surface area (TPSA) is 80.5 Å². The van der Waals surface area contributed by atoms with Crippen molar-refractivity contribution >= 4 is 34.9 Å². The Bertz CT molecular complexity index is 1200. The Kier molecular flexibility index (Phi) is 8.11. The smallest absolute Gasteiger partial charge is 0.251 e. The monoisotopic (exact) mass is 516 g/mol. The maximum Gasteiger partial charge on any atom is 0.251 e. The first kappa shape index (κ1) is 25.2. The van der Waals surface area contributed by atoms with Gasteiger partial charge in [0.2, 0.25) is 0 Å². The number of nitrogen functional groups attached to an aromatic ring is 1. The van der Waals surface area contributed by atoms with Crippen molar-refractivity contribution in [1.82, 2.24) is 15.2 Å². The van der Waals surface area contributed by atoms with Crippen molar-refractivity contribution in [1.29, 1.82) is 0 Å². The van der Waals surface area contributed by atoms with Gasteiger partial charge in [0.25, 0.3) is 5.91 Å². The molecule has 0 unspecified atom stereocenters. The lowest BCUT2D eigenvalue weighted by atomic mass is 10.0. The number of nitrogens with one attached hydrogen (secondary N) is 1. The number of rotatable bonds is 7. The normalized spacial score (nSPS) is 14.6. The summed E-state index contributed by atoms with van der Waals surface area (Å²) in [7, 11) is 2.09. The highest BCUT2D eigenvalue weighted by Crippen LogP contribution is 2.30. The molecule has 4 rings (SSSR count). The van der Waals surface area contributed by atoms with Gasteiger partial charge in [-0.2, -0.15) is 0 Å². The number of nitrogens with two attached hydrogens (primary N) is 1. The van der Waals surface area contributed by atoms with E-state index in [1.807, 2.05) is 12.1 Å². The average molecular weight is 517 g/mol. The van der Waals surface area contributed by atoms with E-state index in [4.69, 9.17) is 33.7 Å². The van der Waals surface area contributed by atoms with Gasteiger partial charge < -0.3 is 20.7 Å². The van der Waals surface area contributed by atoms with Crippen LogP contribution in [0.1, 0.15) is 28.8 Å². The molecule has 3 N–H and O–H groups in total. The molecule has 1 aliphatic heterocycles. The second-order valence-corrected chi connectivity index (χ2v) is 9.44. The first-order valence-electron chi connectivity index (χ1n) is 11.4. The number of hydrogen-bond acceptors (Lipinski definition) is 5. The number of benzene rings is 2. The Morgan fingerprint density at radius 1 is 1.17 bits per heavy atom. The minimum absolute atomic E-state index is 0.0131. The van der Waals surface area contributed by atoms with Crippen LogP contribution in [0.2, 0.25) is 10.0 Å². The van der Waals surface area contributed by atoms with Crippen LogP contribution in [0.3, 0.4) is 0 Å². The molecule has 6 nitrogen and oxygen atoms in total. The molecule has 1 fully saturated rings. The summed E-state index contributed by atoms with van der Waals surface area (Å²) in [5, 5.41) is 3.48. The molecule has 1 amide bonds. The van der Waals surface area contributed by atoms with Crippen molar-refractivity contribution in [3.05, 3.63) is 75.7 Å². The van der Waals surface area contributed by atoms with Crippen molar-refractivity contribution in [3.8, 4) is 16.9 Å². The van der Waals surface area contributed by atoms with Crippen molar-refractivity contribution < 1.29 is 13.9 Å². The zero-order valence-electron chi connectivity index (χ0n) is 19.4. The lowest BCUT2D eigenvalue weighted by Crippen LogP contribution is -2.43. The standard InChI is InChI=1S/C26H27Cl2FN4O2/c1-33-11-8-19(9-12-33)32-26(34)17-4-2-16(3-5-17)18-14-23(25(30)31-15-18)35-13-10-20-21(27)6-7-22(29)24(20)28/h2-7,14-15,19H,8-13H2,1H3,(H2,30,31)(H,32,34). The molecule has 0 spiro atoms. The first-order chi connectivity index (χ1) is 16.8. The number of halogens is 3. The second kappa shape index (κ2) is 11.2. The third-order valence-electron chi connectivity index (χ3n) is 6.16. The fourth-order valence-corrected chi connectivity index (χ4v) is 4.59. The van der Waals surface area contributed by atoms with Gasteiger partial charge in [-0.3, -0.25) is 4.79 Å². The molecule has 1 aliphatic rings. The van der Waals surface area contributed by atoms with Crippen LogP contribution in [-0.4, -0.2) is 48.6 Å². The molecule has 35 heavy (non-hydrogen) atoms. The van der Waals surface area contributed by atoms with Gasteiger partial charge in [-0.15, -0.1) is 0 Å². The summed E-state index contributed by atoms with van der Waals surface area (Å²) >= 11 is 12.2. The quantitative estimate of drug-likeness (QED) is 0.420. The number of carbonyl (C=O) groups excluding carboxylic acids is 1. The second-order valence-electron chi connectivity index (χ2n) is 8.66. The van der Waals surface area contributed by atoms with E-state index in [0.29, 0.717) is 28.3 Å². The van der Waals surface area contributed by atoms with Gasteiger partial charge in [0.05, 0.1) is 11.6 Å². The lowest BCUT2D eigenvalue weighted by molar-refractivity contribution is 0.0917. The Balaban J connectivity index is 1.40. The van der Waals surface area contributed by atoms with Gasteiger partial charge in [-0.05, 0) is 74.4 Å². The fourth-order valence-electron chi connectivity index (χ4n) is 4.03. The largest absolute Gasteiger partial charge is 0.489 e. The number of pyridine rings is 1. The van der Waals surface area contributed by atoms with Crippen LogP contribution in [0.5, 0.6) is 5.75 Å². The SMILES string of the molecule is CN1CCC(NC(=O)c2ccc(-c3cnc(N)c(OCCc4c(Cl)ccc(F)c4Cl)c3)cc2)CC1. The number of ether oxygens (including phenoxy) is 1. The van der Waals surface area contributed by atoms with Crippen molar-refractivity contribution in [2.75, 3.05) is 32.5 Å². The summed E-state index contributed by atoms with van der Waals surface area (Å²) in [5.41, 5.74) is 8.73. The third-order valence-corrected chi connectivity index (χ3v) is 6.93. The van der Waals surface area contributed by atoms with E-state index in [2.05, 4.69) is 22.2 Å². The first-order valence-corrected chi connectivity index (χ1v) is 12.2. The molecule has 2 heterocycles.